The van der Waals surface area contributed by atoms with Gasteiger partial charge in [-0.2, -0.15) is 0 Å². The Morgan fingerprint density at radius 1 is 1.07 bits per heavy atom. The van der Waals surface area contributed by atoms with Crippen LogP contribution in [0.3, 0.4) is 0 Å². The van der Waals surface area contributed by atoms with Crippen molar-refractivity contribution >= 4 is 21.5 Å². The fraction of sp³-hybridized carbons (Fsp3) is 0.200. The van der Waals surface area contributed by atoms with Crippen LogP contribution in [0.25, 0.3) is 11.3 Å². The largest absolute Gasteiger partial charge is 0.381 e. The number of sulfone groups is 1. The van der Waals surface area contributed by atoms with Crippen molar-refractivity contribution in [2.24, 2.45) is 0 Å². The molecule has 146 valence electrons. The van der Waals surface area contributed by atoms with E-state index in [0.29, 0.717) is 28.8 Å². The molecule has 0 unspecified atom stereocenters. The van der Waals surface area contributed by atoms with Gasteiger partial charge >= 0.3 is 0 Å². The molecule has 1 heterocycles. The highest BCUT2D eigenvalue weighted by Gasteiger charge is 2.19. The summed E-state index contributed by atoms with van der Waals surface area (Å²) in [7, 11) is -3.30. The second-order valence-corrected chi connectivity index (χ2v) is 8.95. The van der Waals surface area contributed by atoms with Gasteiger partial charge in [0.15, 0.2) is 21.5 Å². The zero-order chi connectivity index (χ0) is 19.4. The third-order valence-corrected chi connectivity index (χ3v) is 6.37. The molecule has 0 amide bonds. The molecule has 3 N–H and O–H groups in total. The number of anilines is 2. The zero-order valence-corrected chi connectivity index (χ0v) is 16.1. The van der Waals surface area contributed by atoms with Crippen LogP contribution in [0.5, 0.6) is 0 Å². The standard InChI is InChI=1S/C20H22N4O2S.3H2/c1-14(2)27(25,26)17-10-8-16(9-11-17)18-13-22-19(21)20(24-18)23-12-15-6-4-3-5-7-15;;;/h3-11,13-14H,12H2,1-2H3,(H2,21,22)(H,23,24);3*1H. The zero-order valence-electron chi connectivity index (χ0n) is 15.3. The molecule has 6 nitrogen and oxygen atoms in total. The van der Waals surface area contributed by atoms with Gasteiger partial charge in [-0.1, -0.05) is 42.5 Å². The van der Waals surface area contributed by atoms with E-state index in [1.54, 1.807) is 44.3 Å². The number of nitrogens with two attached hydrogens (primary N) is 1. The molecule has 0 saturated heterocycles. The summed E-state index contributed by atoms with van der Waals surface area (Å²) in [6.07, 6.45) is 1.58. The Morgan fingerprint density at radius 3 is 2.37 bits per heavy atom. The van der Waals surface area contributed by atoms with E-state index in [-0.39, 0.29) is 4.28 Å². The van der Waals surface area contributed by atoms with Crippen LogP contribution in [-0.2, 0) is 16.4 Å². The Kier molecular flexibility index (Phi) is 5.41. The van der Waals surface area contributed by atoms with Gasteiger partial charge in [-0.15, -0.1) is 0 Å². The molecule has 0 bridgehead atoms. The van der Waals surface area contributed by atoms with Crippen LogP contribution in [0, 0.1) is 0 Å². The lowest BCUT2D eigenvalue weighted by molar-refractivity contribution is 0.587. The van der Waals surface area contributed by atoms with Crippen molar-refractivity contribution in [1.29, 1.82) is 0 Å². The van der Waals surface area contributed by atoms with Crippen LogP contribution in [0.4, 0.5) is 11.6 Å². The van der Waals surface area contributed by atoms with Crippen LogP contribution in [0.15, 0.2) is 65.7 Å². The highest BCUT2D eigenvalue weighted by molar-refractivity contribution is 7.92. The lowest BCUT2D eigenvalue weighted by Gasteiger charge is -2.11. The quantitative estimate of drug-likeness (QED) is 0.655. The minimum Gasteiger partial charge on any atom is -0.381 e. The maximum atomic E-state index is 12.2. The summed E-state index contributed by atoms with van der Waals surface area (Å²) >= 11 is 0. The highest BCUT2D eigenvalue weighted by Crippen LogP contribution is 2.24. The van der Waals surface area contributed by atoms with E-state index < -0.39 is 15.1 Å². The Bertz CT molecular complexity index is 1030. The lowest BCUT2D eigenvalue weighted by Crippen LogP contribution is -2.13. The average molecular weight is 389 g/mol. The fourth-order valence-corrected chi connectivity index (χ4v) is 3.60. The first-order valence-electron chi connectivity index (χ1n) is 8.62. The molecule has 3 rings (SSSR count). The van der Waals surface area contributed by atoms with Gasteiger partial charge in [0.05, 0.1) is 22.0 Å². The van der Waals surface area contributed by atoms with E-state index in [2.05, 4.69) is 15.3 Å². The number of rotatable bonds is 6. The first kappa shape index (κ1) is 18.8. The number of hydrogen-bond acceptors (Lipinski definition) is 6. The van der Waals surface area contributed by atoms with E-state index in [9.17, 15) is 8.42 Å². The topological polar surface area (TPSA) is 98.0 Å². The third kappa shape index (κ3) is 4.25. The lowest BCUT2D eigenvalue weighted by atomic mass is 10.1. The smallest absolute Gasteiger partial charge is 0.180 e. The van der Waals surface area contributed by atoms with Gasteiger partial charge in [0.1, 0.15) is 0 Å². The van der Waals surface area contributed by atoms with Crippen molar-refractivity contribution in [3.05, 3.63) is 66.4 Å². The van der Waals surface area contributed by atoms with Gasteiger partial charge in [0.2, 0.25) is 0 Å². The number of nitrogens with one attached hydrogen (secondary N) is 1. The summed E-state index contributed by atoms with van der Waals surface area (Å²) in [6.45, 7) is 3.91. The maximum absolute atomic E-state index is 12.2. The molecule has 1 aromatic heterocycles. The normalized spacial score (nSPS) is 11.5. The van der Waals surface area contributed by atoms with E-state index in [4.69, 9.17) is 5.73 Å². The summed E-state index contributed by atoms with van der Waals surface area (Å²) in [4.78, 5) is 9.04. The molecule has 0 aliphatic rings. The van der Waals surface area contributed by atoms with Crippen LogP contribution in [0.1, 0.15) is 23.7 Å². The van der Waals surface area contributed by atoms with Crippen molar-refractivity contribution in [1.82, 2.24) is 9.97 Å². The maximum Gasteiger partial charge on any atom is 0.180 e. The van der Waals surface area contributed by atoms with Gasteiger partial charge in [0.25, 0.3) is 0 Å². The van der Waals surface area contributed by atoms with Gasteiger partial charge in [-0.25, -0.2) is 18.4 Å². The fourth-order valence-electron chi connectivity index (χ4n) is 2.54. The van der Waals surface area contributed by atoms with Crippen LogP contribution >= 0.6 is 0 Å². The van der Waals surface area contributed by atoms with Crippen molar-refractivity contribution < 1.29 is 12.7 Å². The van der Waals surface area contributed by atoms with E-state index >= 15 is 0 Å². The molecule has 2 aromatic carbocycles. The van der Waals surface area contributed by atoms with Gasteiger partial charge < -0.3 is 11.1 Å². The molecule has 0 fully saturated rings. The Morgan fingerprint density at radius 2 is 1.74 bits per heavy atom. The molecular formula is C20H28N4O2S. The molecular weight excluding hydrogens is 360 g/mol. The molecule has 3 aromatic rings. The Hall–Kier alpha value is -2.93. The molecule has 0 atom stereocenters. The molecule has 0 aliphatic carbocycles. The number of aromatic nitrogens is 2. The molecule has 7 heteroatoms. The second kappa shape index (κ2) is 7.75. The summed E-state index contributed by atoms with van der Waals surface area (Å²) in [6, 6.07) is 16.6. The first-order chi connectivity index (χ1) is 12.9. The molecule has 0 radical (unpaired) electrons. The Labute approximate surface area is 163 Å². The SMILES string of the molecule is CC(C)S(=O)(=O)c1ccc(-c2cnc(N)c(NCc3ccccc3)n2)cc1.[HH].[HH].[HH]. The molecule has 0 spiro atoms. The summed E-state index contributed by atoms with van der Waals surface area (Å²) < 4.78 is 24.5. The van der Waals surface area contributed by atoms with E-state index in [0.717, 1.165) is 11.1 Å². The molecule has 0 saturated carbocycles. The predicted molar refractivity (Wildman–Crippen MR) is 114 cm³/mol. The van der Waals surface area contributed by atoms with Crippen molar-refractivity contribution in [3.8, 4) is 11.3 Å². The minimum absolute atomic E-state index is 0. The van der Waals surface area contributed by atoms with E-state index in [1.165, 1.54) is 0 Å². The van der Waals surface area contributed by atoms with Gasteiger partial charge in [0, 0.05) is 16.4 Å². The van der Waals surface area contributed by atoms with Gasteiger partial charge in [-0.3, -0.25) is 0 Å². The second-order valence-electron chi connectivity index (χ2n) is 6.45. The van der Waals surface area contributed by atoms with Crippen LogP contribution in [0.2, 0.25) is 0 Å². The van der Waals surface area contributed by atoms with Crippen LogP contribution < -0.4 is 11.1 Å². The van der Waals surface area contributed by atoms with Crippen molar-refractivity contribution in [3.63, 3.8) is 0 Å². The summed E-state index contributed by atoms with van der Waals surface area (Å²) in [5, 5.41) is 2.73. The number of benzene rings is 2. The number of nitrogen functional groups attached to an aromatic ring is 1. The number of nitrogens with zero attached hydrogens (tertiary/aromatic N) is 2. The van der Waals surface area contributed by atoms with Crippen LogP contribution in [-0.4, -0.2) is 23.6 Å². The molecule has 27 heavy (non-hydrogen) atoms. The average Bonchev–Trinajstić information content (AvgIpc) is 2.68. The molecule has 0 aliphatic heterocycles. The van der Waals surface area contributed by atoms with Crippen molar-refractivity contribution in [2.45, 2.75) is 30.5 Å². The minimum atomic E-state index is -3.30. The highest BCUT2D eigenvalue weighted by atomic mass is 32.2. The van der Waals surface area contributed by atoms with Crippen molar-refractivity contribution in [2.75, 3.05) is 11.1 Å². The van der Waals surface area contributed by atoms with Gasteiger partial charge in [-0.05, 0) is 31.5 Å². The number of hydrogen-bond donors (Lipinski definition) is 2. The van der Waals surface area contributed by atoms with E-state index in [1.807, 2.05) is 30.3 Å². The summed E-state index contributed by atoms with van der Waals surface area (Å²) in [5.74, 6) is 0.809. The first-order valence-corrected chi connectivity index (χ1v) is 10.2. The summed E-state index contributed by atoms with van der Waals surface area (Å²) in [5.41, 5.74) is 8.42. The third-order valence-electron chi connectivity index (χ3n) is 4.20. The Balaban J connectivity index is 0.00000280. The predicted octanol–water partition coefficient (Wildman–Crippen LogP) is 4.26. The monoisotopic (exact) mass is 388 g/mol.